The summed E-state index contributed by atoms with van der Waals surface area (Å²) in [6.07, 6.45) is 5.59. The van der Waals surface area contributed by atoms with Crippen molar-refractivity contribution in [2.24, 2.45) is 5.92 Å². The quantitative estimate of drug-likeness (QED) is 0.687. The lowest BCUT2D eigenvalue weighted by atomic mass is 9.76. The van der Waals surface area contributed by atoms with Gasteiger partial charge in [-0.2, -0.15) is 0 Å². The van der Waals surface area contributed by atoms with Crippen LogP contribution in [-0.4, -0.2) is 5.33 Å². The van der Waals surface area contributed by atoms with E-state index in [1.807, 2.05) is 0 Å². The Hall–Kier alpha value is -0.300. The van der Waals surface area contributed by atoms with Crippen LogP contribution in [0.25, 0.3) is 0 Å². The molecule has 1 fully saturated rings. The second kappa shape index (κ2) is 4.97. The molecule has 1 saturated carbocycles. The van der Waals surface area contributed by atoms with Crippen LogP contribution in [0.5, 0.6) is 0 Å². The molecule has 0 aliphatic heterocycles. The zero-order valence-electron chi connectivity index (χ0n) is 8.45. The molecule has 1 aliphatic carbocycles. The molecule has 1 aromatic carbocycles. The fraction of sp³-hybridized carbons (Fsp3) is 0.538. The molecule has 14 heavy (non-hydrogen) atoms. The molecule has 0 radical (unpaired) electrons. The molecule has 0 amide bonds. The van der Waals surface area contributed by atoms with Gasteiger partial charge in [0, 0.05) is 5.33 Å². The van der Waals surface area contributed by atoms with E-state index < -0.39 is 0 Å². The van der Waals surface area contributed by atoms with Gasteiger partial charge in [-0.3, -0.25) is 0 Å². The van der Waals surface area contributed by atoms with Crippen LogP contribution in [-0.2, 0) is 0 Å². The summed E-state index contributed by atoms with van der Waals surface area (Å²) in [6, 6.07) is 11.0. The van der Waals surface area contributed by atoms with E-state index in [4.69, 9.17) is 0 Å². The summed E-state index contributed by atoms with van der Waals surface area (Å²) in [4.78, 5) is 0. The monoisotopic (exact) mass is 252 g/mol. The lowest BCUT2D eigenvalue weighted by Gasteiger charge is -2.30. The number of hydrogen-bond acceptors (Lipinski definition) is 0. The van der Waals surface area contributed by atoms with Crippen LogP contribution in [0.2, 0.25) is 0 Å². The van der Waals surface area contributed by atoms with Crippen molar-refractivity contribution in [3.63, 3.8) is 0 Å². The van der Waals surface area contributed by atoms with Gasteiger partial charge in [0.05, 0.1) is 0 Å². The fourth-order valence-corrected chi connectivity index (χ4v) is 3.31. The van der Waals surface area contributed by atoms with Gasteiger partial charge in [-0.1, -0.05) is 59.1 Å². The summed E-state index contributed by atoms with van der Waals surface area (Å²) >= 11 is 3.65. The van der Waals surface area contributed by atoms with Gasteiger partial charge >= 0.3 is 0 Å². The Kier molecular flexibility index (Phi) is 3.63. The minimum atomic E-state index is 0.796. The van der Waals surface area contributed by atoms with Gasteiger partial charge in [0.2, 0.25) is 0 Å². The first kappa shape index (κ1) is 10.2. The lowest BCUT2D eigenvalue weighted by molar-refractivity contribution is 0.337. The minimum absolute atomic E-state index is 0.796. The normalized spacial score (nSPS) is 27.5. The Morgan fingerprint density at radius 1 is 1.07 bits per heavy atom. The highest BCUT2D eigenvalue weighted by molar-refractivity contribution is 9.09. The molecule has 1 aromatic rings. The Morgan fingerprint density at radius 3 is 2.50 bits per heavy atom. The minimum Gasteiger partial charge on any atom is -0.0925 e. The number of halogens is 1. The Bertz CT molecular complexity index is 268. The smallest absolute Gasteiger partial charge is 0.00655 e. The highest BCUT2D eigenvalue weighted by Gasteiger charge is 2.24. The zero-order valence-corrected chi connectivity index (χ0v) is 10.0. The molecule has 76 valence electrons. The molecule has 0 bridgehead atoms. The topological polar surface area (TPSA) is 0 Å². The van der Waals surface area contributed by atoms with E-state index in [0.29, 0.717) is 0 Å². The summed E-state index contributed by atoms with van der Waals surface area (Å²) in [5, 5.41) is 1.16. The number of rotatable bonds is 2. The largest absolute Gasteiger partial charge is 0.0925 e. The average Bonchev–Trinajstić information content (AvgIpc) is 2.30. The first-order valence-corrected chi connectivity index (χ1v) is 6.65. The maximum Gasteiger partial charge on any atom is 0.00655 e. The third-order valence-corrected chi connectivity index (χ3v) is 4.17. The van der Waals surface area contributed by atoms with Gasteiger partial charge in [0.15, 0.2) is 0 Å². The fourth-order valence-electron chi connectivity index (χ4n) is 2.53. The molecule has 1 aliphatic rings. The summed E-state index contributed by atoms with van der Waals surface area (Å²) in [5.41, 5.74) is 1.54. The predicted molar refractivity (Wildman–Crippen MR) is 64.9 cm³/mol. The van der Waals surface area contributed by atoms with Crippen LogP contribution in [0.1, 0.15) is 37.2 Å². The summed E-state index contributed by atoms with van der Waals surface area (Å²) in [7, 11) is 0. The standard InChI is InChI=1S/C13H17Br/c14-10-12-8-4-5-9-13(12)11-6-2-1-3-7-11/h1-3,6-7,12-13H,4-5,8-10H2/t12-,13+/m0/s1. The highest BCUT2D eigenvalue weighted by Crippen LogP contribution is 2.38. The molecule has 0 nitrogen and oxygen atoms in total. The lowest BCUT2D eigenvalue weighted by Crippen LogP contribution is -2.18. The van der Waals surface area contributed by atoms with Gasteiger partial charge in [-0.05, 0) is 30.2 Å². The van der Waals surface area contributed by atoms with Crippen molar-refractivity contribution in [1.29, 1.82) is 0 Å². The van der Waals surface area contributed by atoms with Crippen molar-refractivity contribution in [2.45, 2.75) is 31.6 Å². The van der Waals surface area contributed by atoms with E-state index in [1.165, 1.54) is 31.2 Å². The summed E-state index contributed by atoms with van der Waals surface area (Å²) in [5.74, 6) is 1.65. The Labute approximate surface area is 94.8 Å². The molecular weight excluding hydrogens is 236 g/mol. The molecule has 0 aromatic heterocycles. The van der Waals surface area contributed by atoms with Crippen molar-refractivity contribution in [1.82, 2.24) is 0 Å². The molecule has 0 saturated heterocycles. The van der Waals surface area contributed by atoms with Crippen LogP contribution < -0.4 is 0 Å². The molecule has 0 unspecified atom stereocenters. The maximum absolute atomic E-state index is 3.65. The van der Waals surface area contributed by atoms with Crippen molar-refractivity contribution in [3.05, 3.63) is 35.9 Å². The van der Waals surface area contributed by atoms with E-state index in [2.05, 4.69) is 46.3 Å². The van der Waals surface area contributed by atoms with E-state index in [9.17, 15) is 0 Å². The SMILES string of the molecule is BrC[C@@H]1CCCC[C@@H]1c1ccccc1. The molecule has 2 rings (SSSR count). The van der Waals surface area contributed by atoms with Gasteiger partial charge in [0.25, 0.3) is 0 Å². The van der Waals surface area contributed by atoms with E-state index in [0.717, 1.165) is 17.2 Å². The third kappa shape index (κ3) is 2.20. The third-order valence-electron chi connectivity index (χ3n) is 3.33. The molecule has 1 heteroatoms. The van der Waals surface area contributed by atoms with Crippen LogP contribution in [0.4, 0.5) is 0 Å². The van der Waals surface area contributed by atoms with Gasteiger partial charge < -0.3 is 0 Å². The average molecular weight is 253 g/mol. The number of benzene rings is 1. The molecule has 2 atom stereocenters. The molecule has 0 spiro atoms. The zero-order chi connectivity index (χ0) is 9.80. The first-order chi connectivity index (χ1) is 6.92. The van der Waals surface area contributed by atoms with Crippen LogP contribution in [0, 0.1) is 5.92 Å². The van der Waals surface area contributed by atoms with Crippen molar-refractivity contribution >= 4 is 15.9 Å². The summed E-state index contributed by atoms with van der Waals surface area (Å²) in [6.45, 7) is 0. The second-order valence-electron chi connectivity index (χ2n) is 4.22. The number of hydrogen-bond donors (Lipinski definition) is 0. The molecular formula is C13H17Br. The Morgan fingerprint density at radius 2 is 1.79 bits per heavy atom. The maximum atomic E-state index is 3.65. The predicted octanol–water partition coefficient (Wildman–Crippen LogP) is 4.36. The van der Waals surface area contributed by atoms with Crippen molar-refractivity contribution < 1.29 is 0 Å². The molecule has 0 N–H and O–H groups in total. The Balaban J connectivity index is 2.15. The molecule has 0 heterocycles. The van der Waals surface area contributed by atoms with Gasteiger partial charge in [-0.25, -0.2) is 0 Å². The highest BCUT2D eigenvalue weighted by atomic mass is 79.9. The van der Waals surface area contributed by atoms with Crippen LogP contribution in [0.15, 0.2) is 30.3 Å². The van der Waals surface area contributed by atoms with Gasteiger partial charge in [-0.15, -0.1) is 0 Å². The van der Waals surface area contributed by atoms with Crippen LogP contribution in [0.3, 0.4) is 0 Å². The van der Waals surface area contributed by atoms with E-state index in [1.54, 1.807) is 0 Å². The van der Waals surface area contributed by atoms with Crippen LogP contribution >= 0.6 is 15.9 Å². The number of alkyl halides is 1. The second-order valence-corrected chi connectivity index (χ2v) is 4.86. The summed E-state index contributed by atoms with van der Waals surface area (Å²) < 4.78 is 0. The van der Waals surface area contributed by atoms with Gasteiger partial charge in [0.1, 0.15) is 0 Å². The first-order valence-electron chi connectivity index (χ1n) is 5.52. The van der Waals surface area contributed by atoms with Crippen molar-refractivity contribution in [3.8, 4) is 0 Å². The van der Waals surface area contributed by atoms with E-state index >= 15 is 0 Å². The van der Waals surface area contributed by atoms with E-state index in [-0.39, 0.29) is 0 Å². The van der Waals surface area contributed by atoms with Crippen molar-refractivity contribution in [2.75, 3.05) is 5.33 Å².